The van der Waals surface area contributed by atoms with Crippen LogP contribution in [0.5, 0.6) is 0 Å². The molecule has 0 radical (unpaired) electrons. The summed E-state index contributed by atoms with van der Waals surface area (Å²) in [6.07, 6.45) is 5.41. The summed E-state index contributed by atoms with van der Waals surface area (Å²) < 4.78 is 5.71. The maximum absolute atomic E-state index is 12.9. The molecule has 1 aliphatic carbocycles. The fourth-order valence-corrected chi connectivity index (χ4v) is 3.78. The number of fused-ring (bicyclic) bond motifs is 2. The first-order valence-corrected chi connectivity index (χ1v) is 9.19. The molecule has 4 heteroatoms. The molecule has 4 rings (SSSR count). The highest BCUT2D eigenvalue weighted by Crippen LogP contribution is 2.30. The van der Waals surface area contributed by atoms with E-state index < -0.39 is 0 Å². The average molecular weight is 349 g/mol. The predicted octanol–water partition coefficient (Wildman–Crippen LogP) is 3.49. The Morgan fingerprint density at radius 2 is 1.88 bits per heavy atom. The van der Waals surface area contributed by atoms with E-state index in [-0.39, 0.29) is 12.5 Å². The van der Waals surface area contributed by atoms with E-state index in [9.17, 15) is 9.90 Å². The molecule has 4 nitrogen and oxygen atoms in total. The van der Waals surface area contributed by atoms with Crippen molar-refractivity contribution in [3.63, 3.8) is 0 Å². The standard InChI is InChI=1S/C22H23NO3/c24-10-9-23(14-16-5-2-1-3-6-16)22(25)13-19-15-26-21-12-18-8-4-7-17(18)11-20(19)21/h1-3,5-6,11-12,15,24H,4,7-10,13-14H2. The van der Waals surface area contributed by atoms with Crippen LogP contribution in [0.25, 0.3) is 11.0 Å². The summed E-state index contributed by atoms with van der Waals surface area (Å²) in [5, 5.41) is 10.4. The van der Waals surface area contributed by atoms with E-state index in [2.05, 4.69) is 12.1 Å². The number of hydrogen-bond donors (Lipinski definition) is 1. The minimum Gasteiger partial charge on any atom is -0.464 e. The van der Waals surface area contributed by atoms with Crippen molar-refractivity contribution in [1.29, 1.82) is 0 Å². The molecule has 1 N–H and O–H groups in total. The number of furan rings is 1. The maximum atomic E-state index is 12.9. The van der Waals surface area contributed by atoms with Crippen molar-refractivity contribution in [2.75, 3.05) is 13.2 Å². The summed E-state index contributed by atoms with van der Waals surface area (Å²) in [5.74, 6) is 0.00565. The zero-order chi connectivity index (χ0) is 17.9. The Morgan fingerprint density at radius 3 is 2.65 bits per heavy atom. The molecule has 1 aromatic heterocycles. The lowest BCUT2D eigenvalue weighted by atomic mass is 10.0. The number of amides is 1. The van der Waals surface area contributed by atoms with Crippen molar-refractivity contribution < 1.29 is 14.3 Å². The van der Waals surface area contributed by atoms with Crippen molar-refractivity contribution >= 4 is 16.9 Å². The Bertz CT molecular complexity index is 914. The summed E-state index contributed by atoms with van der Waals surface area (Å²) in [4.78, 5) is 14.6. The summed E-state index contributed by atoms with van der Waals surface area (Å²) >= 11 is 0. The molecule has 0 saturated carbocycles. The van der Waals surface area contributed by atoms with Gasteiger partial charge in [-0.1, -0.05) is 30.3 Å². The fraction of sp³-hybridized carbons (Fsp3) is 0.318. The molecule has 0 saturated heterocycles. The Labute approximate surface area is 153 Å². The number of carbonyl (C=O) groups is 1. The van der Waals surface area contributed by atoms with E-state index in [0.717, 1.165) is 34.9 Å². The topological polar surface area (TPSA) is 53.7 Å². The first-order chi connectivity index (χ1) is 12.7. The fourth-order valence-electron chi connectivity index (χ4n) is 3.78. The molecule has 0 atom stereocenters. The minimum atomic E-state index is -0.0434. The number of aliphatic hydroxyl groups excluding tert-OH is 1. The number of rotatable bonds is 6. The Balaban J connectivity index is 1.55. The van der Waals surface area contributed by atoms with Crippen LogP contribution < -0.4 is 0 Å². The van der Waals surface area contributed by atoms with Crippen LogP contribution in [-0.4, -0.2) is 29.1 Å². The third-order valence-corrected chi connectivity index (χ3v) is 5.15. The summed E-state index contributed by atoms with van der Waals surface area (Å²) in [6, 6.07) is 14.2. The number of carbonyl (C=O) groups excluding carboxylic acids is 1. The molecule has 2 aromatic carbocycles. The number of hydrogen-bond acceptors (Lipinski definition) is 3. The Morgan fingerprint density at radius 1 is 1.12 bits per heavy atom. The highest BCUT2D eigenvalue weighted by molar-refractivity contribution is 5.88. The minimum absolute atomic E-state index is 0.00565. The van der Waals surface area contributed by atoms with Gasteiger partial charge in [-0.15, -0.1) is 0 Å². The van der Waals surface area contributed by atoms with Gasteiger partial charge in [0.1, 0.15) is 5.58 Å². The lowest BCUT2D eigenvalue weighted by Gasteiger charge is -2.21. The second kappa shape index (κ2) is 7.34. The van der Waals surface area contributed by atoms with Gasteiger partial charge in [0.25, 0.3) is 0 Å². The number of aliphatic hydroxyl groups is 1. The van der Waals surface area contributed by atoms with E-state index in [0.29, 0.717) is 19.5 Å². The third kappa shape index (κ3) is 3.37. The van der Waals surface area contributed by atoms with Crippen molar-refractivity contribution in [3.8, 4) is 0 Å². The SMILES string of the molecule is O=C(Cc1coc2cc3c(cc12)CCC3)N(CCO)Cc1ccccc1. The van der Waals surface area contributed by atoms with Gasteiger partial charge in [-0.05, 0) is 48.1 Å². The lowest BCUT2D eigenvalue weighted by Crippen LogP contribution is -2.34. The van der Waals surface area contributed by atoms with E-state index >= 15 is 0 Å². The third-order valence-electron chi connectivity index (χ3n) is 5.15. The largest absolute Gasteiger partial charge is 0.464 e. The predicted molar refractivity (Wildman–Crippen MR) is 101 cm³/mol. The van der Waals surface area contributed by atoms with Crippen molar-refractivity contribution in [1.82, 2.24) is 4.90 Å². The number of nitrogens with zero attached hydrogens (tertiary/aromatic N) is 1. The van der Waals surface area contributed by atoms with Crippen molar-refractivity contribution in [2.24, 2.45) is 0 Å². The first-order valence-electron chi connectivity index (χ1n) is 9.19. The van der Waals surface area contributed by atoms with Crippen LogP contribution >= 0.6 is 0 Å². The molecule has 0 fully saturated rings. The van der Waals surface area contributed by atoms with Gasteiger partial charge in [-0.2, -0.15) is 0 Å². The van der Waals surface area contributed by atoms with Crippen LogP contribution in [0.1, 0.15) is 28.7 Å². The highest BCUT2D eigenvalue weighted by Gasteiger charge is 2.19. The van der Waals surface area contributed by atoms with Gasteiger partial charge in [0.15, 0.2) is 0 Å². The molecule has 0 unspecified atom stereocenters. The van der Waals surface area contributed by atoms with Crippen LogP contribution in [0.2, 0.25) is 0 Å². The monoisotopic (exact) mass is 349 g/mol. The van der Waals surface area contributed by atoms with Gasteiger partial charge in [0.2, 0.25) is 5.91 Å². The zero-order valence-electron chi connectivity index (χ0n) is 14.8. The van der Waals surface area contributed by atoms with Crippen molar-refractivity contribution in [3.05, 3.63) is 71.0 Å². The van der Waals surface area contributed by atoms with Crippen molar-refractivity contribution in [2.45, 2.75) is 32.2 Å². The second-order valence-electron chi connectivity index (χ2n) is 6.93. The molecule has 26 heavy (non-hydrogen) atoms. The van der Waals surface area contributed by atoms with Crippen LogP contribution in [0, 0.1) is 0 Å². The first kappa shape index (κ1) is 16.9. The highest BCUT2D eigenvalue weighted by atomic mass is 16.3. The van der Waals surface area contributed by atoms with E-state index in [1.54, 1.807) is 11.2 Å². The van der Waals surface area contributed by atoms with Crippen LogP contribution in [0.4, 0.5) is 0 Å². The Hall–Kier alpha value is -2.59. The molecule has 0 spiro atoms. The van der Waals surface area contributed by atoms with Crippen LogP contribution in [-0.2, 0) is 30.6 Å². The van der Waals surface area contributed by atoms with Gasteiger partial charge in [0, 0.05) is 24.0 Å². The summed E-state index contributed by atoms with van der Waals surface area (Å²) in [6.45, 7) is 0.794. The maximum Gasteiger partial charge on any atom is 0.227 e. The molecule has 1 amide bonds. The summed E-state index contributed by atoms with van der Waals surface area (Å²) in [7, 11) is 0. The second-order valence-corrected chi connectivity index (χ2v) is 6.93. The molecule has 0 bridgehead atoms. The quantitative estimate of drug-likeness (QED) is 0.741. The molecular weight excluding hydrogens is 326 g/mol. The zero-order valence-corrected chi connectivity index (χ0v) is 14.8. The van der Waals surface area contributed by atoms with Crippen LogP contribution in [0.3, 0.4) is 0 Å². The van der Waals surface area contributed by atoms with E-state index in [1.807, 2.05) is 30.3 Å². The normalized spacial score (nSPS) is 13.1. The summed E-state index contributed by atoms with van der Waals surface area (Å²) in [5.41, 5.74) is 5.60. The molecule has 3 aromatic rings. The number of benzene rings is 2. The van der Waals surface area contributed by atoms with Gasteiger partial charge in [0.05, 0.1) is 19.3 Å². The molecular formula is C22H23NO3. The van der Waals surface area contributed by atoms with E-state index in [4.69, 9.17) is 4.42 Å². The van der Waals surface area contributed by atoms with E-state index in [1.165, 1.54) is 17.5 Å². The molecule has 1 aliphatic rings. The average Bonchev–Trinajstić information content (AvgIpc) is 3.27. The number of aryl methyl sites for hydroxylation is 2. The van der Waals surface area contributed by atoms with Gasteiger partial charge in [-0.3, -0.25) is 4.79 Å². The van der Waals surface area contributed by atoms with Gasteiger partial charge < -0.3 is 14.4 Å². The van der Waals surface area contributed by atoms with Gasteiger partial charge in [-0.25, -0.2) is 0 Å². The van der Waals surface area contributed by atoms with Gasteiger partial charge >= 0.3 is 0 Å². The lowest BCUT2D eigenvalue weighted by molar-refractivity contribution is -0.131. The van der Waals surface area contributed by atoms with Crippen LogP contribution in [0.15, 0.2) is 53.1 Å². The Kier molecular flexibility index (Phi) is 4.76. The smallest absolute Gasteiger partial charge is 0.227 e. The molecule has 134 valence electrons. The molecule has 0 aliphatic heterocycles. The molecule has 1 heterocycles.